The summed E-state index contributed by atoms with van der Waals surface area (Å²) in [4.78, 5) is 34.2. The number of carbonyl (C=O) groups excluding carboxylic acids is 1. The van der Waals surface area contributed by atoms with Crippen LogP contribution in [0.1, 0.15) is 24.0 Å². The molecule has 0 unspecified atom stereocenters. The number of nitrogens with one attached hydrogen (secondary N) is 1. The molecule has 0 radical (unpaired) electrons. The Morgan fingerprint density at radius 2 is 2.04 bits per heavy atom. The molecule has 140 valence electrons. The lowest BCUT2D eigenvalue weighted by Gasteiger charge is -2.32. The molecule has 1 N–H and O–H groups in total. The molecule has 6 nitrogen and oxygen atoms in total. The Hall–Kier alpha value is -2.89. The molecule has 3 aromatic rings. The second-order valence-electron chi connectivity index (χ2n) is 7.39. The lowest BCUT2D eigenvalue weighted by atomic mass is 9.96. The Kier molecular flexibility index (Phi) is 4.79. The Balaban J connectivity index is 1.35. The number of carbonyl (C=O) groups is 1. The van der Waals surface area contributed by atoms with E-state index in [1.54, 1.807) is 24.0 Å². The maximum absolute atomic E-state index is 12.7. The largest absolute Gasteiger partial charge is 0.361 e. The number of piperidine rings is 1. The summed E-state index contributed by atoms with van der Waals surface area (Å²) in [6.07, 6.45) is 7.41. The highest BCUT2D eigenvalue weighted by Gasteiger charge is 2.24. The van der Waals surface area contributed by atoms with E-state index in [0.717, 1.165) is 42.4 Å². The van der Waals surface area contributed by atoms with Crippen molar-refractivity contribution in [1.29, 1.82) is 0 Å². The monoisotopic (exact) mass is 364 g/mol. The maximum Gasteiger partial charge on any atom is 0.256 e. The van der Waals surface area contributed by atoms with Crippen LogP contribution in [0.25, 0.3) is 10.9 Å². The van der Waals surface area contributed by atoms with Crippen molar-refractivity contribution < 1.29 is 4.79 Å². The average molecular weight is 364 g/mol. The van der Waals surface area contributed by atoms with Crippen molar-refractivity contribution >= 4 is 16.8 Å². The Morgan fingerprint density at radius 3 is 2.85 bits per heavy atom. The Bertz CT molecular complexity index is 1010. The topological polar surface area (TPSA) is 71.0 Å². The molecule has 1 aromatic carbocycles. The van der Waals surface area contributed by atoms with Gasteiger partial charge in [0.2, 0.25) is 5.91 Å². The molecule has 1 aliphatic heterocycles. The van der Waals surface area contributed by atoms with E-state index in [1.165, 1.54) is 0 Å². The smallest absolute Gasteiger partial charge is 0.256 e. The number of hydrogen-bond donors (Lipinski definition) is 1. The number of rotatable bonds is 4. The molecule has 4 rings (SSSR count). The van der Waals surface area contributed by atoms with Crippen LogP contribution in [-0.4, -0.2) is 38.4 Å². The van der Waals surface area contributed by atoms with Crippen LogP contribution in [0.4, 0.5) is 0 Å². The van der Waals surface area contributed by atoms with Crippen LogP contribution in [0, 0.1) is 12.8 Å². The van der Waals surface area contributed by atoms with Crippen molar-refractivity contribution in [2.75, 3.05) is 13.1 Å². The number of fused-ring (bicyclic) bond motifs is 1. The number of hydrogen-bond acceptors (Lipinski definition) is 3. The van der Waals surface area contributed by atoms with Gasteiger partial charge in [0.25, 0.3) is 5.56 Å². The van der Waals surface area contributed by atoms with Crippen molar-refractivity contribution in [3.05, 3.63) is 64.5 Å². The molecule has 1 aliphatic rings. The van der Waals surface area contributed by atoms with E-state index < -0.39 is 0 Å². The van der Waals surface area contributed by atoms with Gasteiger partial charge in [0.1, 0.15) is 0 Å². The summed E-state index contributed by atoms with van der Waals surface area (Å²) in [7, 11) is 0. The van der Waals surface area contributed by atoms with E-state index in [0.29, 0.717) is 24.4 Å². The minimum Gasteiger partial charge on any atom is -0.361 e. The lowest BCUT2D eigenvalue weighted by Crippen LogP contribution is -2.40. The summed E-state index contributed by atoms with van der Waals surface area (Å²) in [5.41, 5.74) is 2.82. The van der Waals surface area contributed by atoms with Gasteiger partial charge in [0.05, 0.1) is 12.7 Å². The quantitative estimate of drug-likeness (QED) is 0.773. The molecule has 0 aliphatic carbocycles. The van der Waals surface area contributed by atoms with Gasteiger partial charge in [-0.05, 0) is 37.3 Å². The molecule has 0 spiro atoms. The highest BCUT2D eigenvalue weighted by atomic mass is 16.2. The van der Waals surface area contributed by atoms with Crippen LogP contribution in [0.15, 0.2) is 47.8 Å². The van der Waals surface area contributed by atoms with E-state index in [4.69, 9.17) is 0 Å². The number of aromatic nitrogens is 3. The Morgan fingerprint density at radius 1 is 1.26 bits per heavy atom. The zero-order valence-corrected chi connectivity index (χ0v) is 15.5. The first-order valence-corrected chi connectivity index (χ1v) is 9.45. The molecular formula is C21H24N4O2. The second kappa shape index (κ2) is 7.39. The molecule has 1 saturated heterocycles. The van der Waals surface area contributed by atoms with Crippen LogP contribution < -0.4 is 5.56 Å². The standard InChI is InChI=1S/C21H24N4O2/c1-15-11-22-14-25(21(15)27)13-16-6-8-24(9-7-16)20(26)10-17-12-23-19-5-3-2-4-18(17)19/h2-5,11-12,14,16,23H,6-10,13H2,1H3. The number of aryl methyl sites for hydroxylation is 1. The maximum atomic E-state index is 12.7. The molecule has 2 aromatic heterocycles. The zero-order valence-electron chi connectivity index (χ0n) is 15.5. The van der Waals surface area contributed by atoms with Gasteiger partial charge in [-0.3, -0.25) is 14.2 Å². The van der Waals surface area contributed by atoms with Gasteiger partial charge in [-0.25, -0.2) is 4.98 Å². The van der Waals surface area contributed by atoms with E-state index in [1.807, 2.05) is 35.4 Å². The molecule has 1 fully saturated rings. The summed E-state index contributed by atoms with van der Waals surface area (Å²) in [6, 6.07) is 8.06. The summed E-state index contributed by atoms with van der Waals surface area (Å²) in [5, 5.41) is 1.12. The first-order chi connectivity index (χ1) is 13.1. The molecule has 0 atom stereocenters. The summed E-state index contributed by atoms with van der Waals surface area (Å²) >= 11 is 0. The van der Waals surface area contributed by atoms with E-state index in [2.05, 4.69) is 9.97 Å². The van der Waals surface area contributed by atoms with E-state index >= 15 is 0 Å². The molecule has 0 saturated carbocycles. The number of amides is 1. The van der Waals surface area contributed by atoms with Gasteiger partial charge >= 0.3 is 0 Å². The highest BCUT2D eigenvalue weighted by Crippen LogP contribution is 2.22. The third-order valence-electron chi connectivity index (χ3n) is 5.51. The fraction of sp³-hybridized carbons (Fsp3) is 0.381. The normalized spacial score (nSPS) is 15.4. The second-order valence-corrected chi connectivity index (χ2v) is 7.39. The van der Waals surface area contributed by atoms with E-state index in [9.17, 15) is 9.59 Å². The van der Waals surface area contributed by atoms with Crippen LogP contribution in [0.5, 0.6) is 0 Å². The van der Waals surface area contributed by atoms with Gasteiger partial charge in [-0.15, -0.1) is 0 Å². The van der Waals surface area contributed by atoms with Crippen molar-refractivity contribution in [2.24, 2.45) is 5.92 Å². The minimum atomic E-state index is 0.0304. The molecule has 1 amide bonds. The molecule has 0 bridgehead atoms. The van der Waals surface area contributed by atoms with Gasteiger partial charge < -0.3 is 9.88 Å². The van der Waals surface area contributed by atoms with Crippen LogP contribution in [0.3, 0.4) is 0 Å². The van der Waals surface area contributed by atoms with E-state index in [-0.39, 0.29) is 11.5 Å². The van der Waals surface area contributed by atoms with Gasteiger partial charge in [0, 0.05) is 48.5 Å². The number of H-pyrrole nitrogens is 1. The highest BCUT2D eigenvalue weighted by molar-refractivity contribution is 5.88. The lowest BCUT2D eigenvalue weighted by molar-refractivity contribution is -0.131. The van der Waals surface area contributed by atoms with Crippen molar-refractivity contribution in [1.82, 2.24) is 19.4 Å². The molecule has 27 heavy (non-hydrogen) atoms. The third kappa shape index (κ3) is 3.65. The number of para-hydroxylation sites is 1. The third-order valence-corrected chi connectivity index (χ3v) is 5.51. The summed E-state index contributed by atoms with van der Waals surface area (Å²) < 4.78 is 1.70. The molecule has 3 heterocycles. The van der Waals surface area contributed by atoms with Crippen molar-refractivity contribution in [3.63, 3.8) is 0 Å². The predicted molar refractivity (Wildman–Crippen MR) is 105 cm³/mol. The fourth-order valence-corrected chi connectivity index (χ4v) is 3.89. The first-order valence-electron chi connectivity index (χ1n) is 9.45. The summed E-state index contributed by atoms with van der Waals surface area (Å²) in [6.45, 7) is 3.97. The number of benzene rings is 1. The number of aromatic amines is 1. The van der Waals surface area contributed by atoms with Crippen LogP contribution >= 0.6 is 0 Å². The zero-order chi connectivity index (χ0) is 18.8. The average Bonchev–Trinajstić information content (AvgIpc) is 3.09. The van der Waals surface area contributed by atoms with Gasteiger partial charge in [-0.1, -0.05) is 18.2 Å². The van der Waals surface area contributed by atoms with Gasteiger partial charge in [-0.2, -0.15) is 0 Å². The minimum absolute atomic E-state index is 0.0304. The number of likely N-dealkylation sites (tertiary alicyclic amines) is 1. The first kappa shape index (κ1) is 17.5. The summed E-state index contributed by atoms with van der Waals surface area (Å²) in [5.74, 6) is 0.580. The van der Waals surface area contributed by atoms with Crippen LogP contribution in [0.2, 0.25) is 0 Å². The molecular weight excluding hydrogens is 340 g/mol. The van der Waals surface area contributed by atoms with Crippen LogP contribution in [-0.2, 0) is 17.8 Å². The predicted octanol–water partition coefficient (Wildman–Crippen LogP) is 2.51. The van der Waals surface area contributed by atoms with Crippen molar-refractivity contribution in [2.45, 2.75) is 32.7 Å². The number of nitrogens with zero attached hydrogens (tertiary/aromatic N) is 3. The molecule has 6 heteroatoms. The SMILES string of the molecule is Cc1cncn(CC2CCN(C(=O)Cc3c[nH]c4ccccc34)CC2)c1=O. The van der Waals surface area contributed by atoms with Gasteiger partial charge in [0.15, 0.2) is 0 Å². The fourth-order valence-electron chi connectivity index (χ4n) is 3.89. The Labute approximate surface area is 157 Å². The van der Waals surface area contributed by atoms with Crippen molar-refractivity contribution in [3.8, 4) is 0 Å².